The summed E-state index contributed by atoms with van der Waals surface area (Å²) in [4.78, 5) is 8.11. The van der Waals surface area contributed by atoms with Crippen LogP contribution in [0, 0.1) is 6.92 Å². The van der Waals surface area contributed by atoms with Crippen molar-refractivity contribution >= 4 is 5.82 Å². The minimum Gasteiger partial charge on any atom is -0.367 e. The molecule has 0 spiro atoms. The largest absolute Gasteiger partial charge is 0.367 e. The summed E-state index contributed by atoms with van der Waals surface area (Å²) >= 11 is 0. The summed E-state index contributed by atoms with van der Waals surface area (Å²) in [6.07, 6.45) is 4.16. The van der Waals surface area contributed by atoms with E-state index in [2.05, 4.69) is 15.3 Å². The highest BCUT2D eigenvalue weighted by Gasteiger charge is 2.20. The van der Waals surface area contributed by atoms with Gasteiger partial charge in [0.05, 0.1) is 0 Å². The Morgan fingerprint density at radius 2 is 2.27 bits per heavy atom. The Labute approximate surface area is 65.9 Å². The lowest BCUT2D eigenvalue weighted by atomic mass is 10.4. The van der Waals surface area contributed by atoms with Crippen LogP contribution in [0.4, 0.5) is 5.82 Å². The first kappa shape index (κ1) is 6.58. The van der Waals surface area contributed by atoms with E-state index in [4.69, 9.17) is 0 Å². The van der Waals surface area contributed by atoms with E-state index in [9.17, 15) is 0 Å². The molecule has 1 aliphatic rings. The summed E-state index contributed by atoms with van der Waals surface area (Å²) in [6, 6.07) is 2.64. The Kier molecular flexibility index (Phi) is 1.49. The van der Waals surface area contributed by atoms with Crippen LogP contribution in [0.25, 0.3) is 0 Å². The van der Waals surface area contributed by atoms with Gasteiger partial charge in [0.15, 0.2) is 0 Å². The van der Waals surface area contributed by atoms with Crippen LogP contribution in [0.2, 0.25) is 0 Å². The molecule has 1 aromatic heterocycles. The molecular formula is C8H11N3. The number of rotatable bonds is 2. The molecule has 0 aromatic carbocycles. The minimum absolute atomic E-state index is 0.671. The summed E-state index contributed by atoms with van der Waals surface area (Å²) in [5.74, 6) is 0.958. The third-order valence-electron chi connectivity index (χ3n) is 1.73. The van der Waals surface area contributed by atoms with Gasteiger partial charge in [-0.05, 0) is 19.8 Å². The summed E-state index contributed by atoms with van der Waals surface area (Å²) in [5, 5.41) is 3.31. The number of nitrogens with zero attached hydrogens (tertiary/aromatic N) is 2. The fraction of sp³-hybridized carbons (Fsp3) is 0.500. The lowest BCUT2D eigenvalue weighted by Gasteiger charge is -2.01. The molecule has 0 atom stereocenters. The van der Waals surface area contributed by atoms with Gasteiger partial charge >= 0.3 is 0 Å². The van der Waals surface area contributed by atoms with Crippen LogP contribution in [0.15, 0.2) is 12.4 Å². The monoisotopic (exact) mass is 149 g/mol. The molecule has 58 valence electrons. The molecule has 0 saturated heterocycles. The average molecular weight is 149 g/mol. The first-order chi connectivity index (χ1) is 5.34. The summed E-state index contributed by atoms with van der Waals surface area (Å²) < 4.78 is 0. The second-order valence-electron chi connectivity index (χ2n) is 2.96. The first-order valence-corrected chi connectivity index (χ1v) is 3.90. The van der Waals surface area contributed by atoms with Gasteiger partial charge < -0.3 is 5.32 Å². The topological polar surface area (TPSA) is 37.8 Å². The van der Waals surface area contributed by atoms with Gasteiger partial charge in [0.25, 0.3) is 0 Å². The summed E-state index contributed by atoms with van der Waals surface area (Å²) in [5.41, 5.74) is 1.02. The normalized spacial score (nSPS) is 16.5. The molecule has 1 saturated carbocycles. The minimum atomic E-state index is 0.671. The van der Waals surface area contributed by atoms with E-state index in [1.807, 2.05) is 13.0 Å². The number of hydrogen-bond acceptors (Lipinski definition) is 3. The Bertz CT molecular complexity index is 255. The molecule has 0 radical (unpaired) electrons. The van der Waals surface area contributed by atoms with Gasteiger partial charge in [-0.15, -0.1) is 0 Å². The SMILES string of the molecule is Cc1cc(NC2CC2)ncn1. The maximum absolute atomic E-state index is 4.10. The van der Waals surface area contributed by atoms with Crippen molar-refractivity contribution in [3.05, 3.63) is 18.1 Å². The van der Waals surface area contributed by atoms with Gasteiger partial charge in [-0.2, -0.15) is 0 Å². The van der Waals surface area contributed by atoms with Gasteiger partial charge in [-0.1, -0.05) is 0 Å². The van der Waals surface area contributed by atoms with Gasteiger partial charge in [-0.3, -0.25) is 0 Å². The maximum atomic E-state index is 4.10. The predicted molar refractivity (Wildman–Crippen MR) is 43.4 cm³/mol. The first-order valence-electron chi connectivity index (χ1n) is 3.90. The van der Waals surface area contributed by atoms with Crippen molar-refractivity contribution in [3.63, 3.8) is 0 Å². The second-order valence-corrected chi connectivity index (χ2v) is 2.96. The fourth-order valence-electron chi connectivity index (χ4n) is 0.970. The van der Waals surface area contributed by atoms with Crippen molar-refractivity contribution in [1.82, 2.24) is 9.97 Å². The lowest BCUT2D eigenvalue weighted by molar-refractivity contribution is 1.05. The highest BCUT2D eigenvalue weighted by molar-refractivity contribution is 5.36. The number of nitrogens with one attached hydrogen (secondary N) is 1. The van der Waals surface area contributed by atoms with Gasteiger partial charge in [0, 0.05) is 17.8 Å². The molecule has 2 rings (SSSR count). The molecule has 0 amide bonds. The van der Waals surface area contributed by atoms with E-state index >= 15 is 0 Å². The standard InChI is InChI=1S/C8H11N3/c1-6-4-8(10-5-9-6)11-7-2-3-7/h4-5,7H,2-3H2,1H3,(H,9,10,11). The van der Waals surface area contributed by atoms with Crippen molar-refractivity contribution in [2.75, 3.05) is 5.32 Å². The molecule has 11 heavy (non-hydrogen) atoms. The zero-order valence-corrected chi connectivity index (χ0v) is 6.54. The zero-order valence-electron chi connectivity index (χ0n) is 6.54. The van der Waals surface area contributed by atoms with Crippen molar-refractivity contribution in [2.24, 2.45) is 0 Å². The third kappa shape index (κ3) is 1.67. The molecule has 0 unspecified atom stereocenters. The number of hydrogen-bond donors (Lipinski definition) is 1. The number of aryl methyl sites for hydroxylation is 1. The Morgan fingerprint density at radius 3 is 2.91 bits per heavy atom. The Morgan fingerprint density at radius 1 is 1.45 bits per heavy atom. The second kappa shape index (κ2) is 2.49. The lowest BCUT2D eigenvalue weighted by Crippen LogP contribution is -2.03. The van der Waals surface area contributed by atoms with Crippen LogP contribution >= 0.6 is 0 Å². The highest BCUT2D eigenvalue weighted by atomic mass is 15.1. The van der Waals surface area contributed by atoms with Crippen LogP contribution in [-0.4, -0.2) is 16.0 Å². The van der Waals surface area contributed by atoms with Crippen LogP contribution in [0.3, 0.4) is 0 Å². The van der Waals surface area contributed by atoms with E-state index in [1.165, 1.54) is 12.8 Å². The third-order valence-corrected chi connectivity index (χ3v) is 1.73. The van der Waals surface area contributed by atoms with Gasteiger partial charge in [0.1, 0.15) is 12.1 Å². The van der Waals surface area contributed by atoms with Gasteiger partial charge in [-0.25, -0.2) is 9.97 Å². The quantitative estimate of drug-likeness (QED) is 0.690. The Balaban J connectivity index is 2.10. The van der Waals surface area contributed by atoms with Crippen LogP contribution in [-0.2, 0) is 0 Å². The van der Waals surface area contributed by atoms with Gasteiger partial charge in [0.2, 0.25) is 0 Å². The van der Waals surface area contributed by atoms with E-state index in [-0.39, 0.29) is 0 Å². The molecule has 0 aliphatic heterocycles. The van der Waals surface area contributed by atoms with Crippen molar-refractivity contribution in [1.29, 1.82) is 0 Å². The molecular weight excluding hydrogens is 138 g/mol. The molecule has 1 heterocycles. The van der Waals surface area contributed by atoms with Crippen LogP contribution in [0.5, 0.6) is 0 Å². The molecule has 1 aromatic rings. The molecule has 1 aliphatic carbocycles. The smallest absolute Gasteiger partial charge is 0.129 e. The zero-order chi connectivity index (χ0) is 7.68. The van der Waals surface area contributed by atoms with Crippen molar-refractivity contribution < 1.29 is 0 Å². The average Bonchev–Trinajstić information content (AvgIpc) is 2.71. The molecule has 3 nitrogen and oxygen atoms in total. The van der Waals surface area contributed by atoms with Crippen LogP contribution in [0.1, 0.15) is 18.5 Å². The number of anilines is 1. The van der Waals surface area contributed by atoms with E-state index in [1.54, 1.807) is 6.33 Å². The fourth-order valence-corrected chi connectivity index (χ4v) is 0.970. The molecule has 1 N–H and O–H groups in total. The van der Waals surface area contributed by atoms with Crippen molar-refractivity contribution in [2.45, 2.75) is 25.8 Å². The maximum Gasteiger partial charge on any atom is 0.129 e. The van der Waals surface area contributed by atoms with E-state index in [0.717, 1.165) is 11.5 Å². The summed E-state index contributed by atoms with van der Waals surface area (Å²) in [6.45, 7) is 1.97. The summed E-state index contributed by atoms with van der Waals surface area (Å²) in [7, 11) is 0. The Hall–Kier alpha value is -1.12. The van der Waals surface area contributed by atoms with Crippen molar-refractivity contribution in [3.8, 4) is 0 Å². The number of aromatic nitrogens is 2. The molecule has 0 bridgehead atoms. The van der Waals surface area contributed by atoms with Crippen LogP contribution < -0.4 is 5.32 Å². The predicted octanol–water partition coefficient (Wildman–Crippen LogP) is 1.36. The van der Waals surface area contributed by atoms with E-state index < -0.39 is 0 Å². The molecule has 1 fully saturated rings. The highest BCUT2D eigenvalue weighted by Crippen LogP contribution is 2.23. The van der Waals surface area contributed by atoms with E-state index in [0.29, 0.717) is 6.04 Å². The molecule has 3 heteroatoms.